The normalized spacial score (nSPS) is 33.9. The molecule has 5 N–H and O–H groups in total. The van der Waals surface area contributed by atoms with E-state index >= 15 is 0 Å². The van der Waals surface area contributed by atoms with Gasteiger partial charge in [-0.3, -0.25) is 0 Å². The van der Waals surface area contributed by atoms with Gasteiger partial charge in [0, 0.05) is 12.8 Å². The lowest BCUT2D eigenvalue weighted by Crippen LogP contribution is -2.60. The molecule has 1 aliphatic heterocycles. The Labute approximate surface area is 116 Å². The van der Waals surface area contributed by atoms with Gasteiger partial charge in [-0.1, -0.05) is 0 Å². The predicted octanol–water partition coefficient (Wildman–Crippen LogP) is -0.898. The van der Waals surface area contributed by atoms with Gasteiger partial charge < -0.3 is 35.3 Å². The lowest BCUT2D eigenvalue weighted by molar-refractivity contribution is -0.281. The molecule has 112 valence electrons. The fourth-order valence-electron chi connectivity index (χ4n) is 2.12. The van der Waals surface area contributed by atoms with Crippen LogP contribution in [0.1, 0.15) is 0 Å². The number of hydrogen-bond donors (Lipinski definition) is 4. The van der Waals surface area contributed by atoms with Crippen LogP contribution in [0.5, 0.6) is 5.75 Å². The van der Waals surface area contributed by atoms with Crippen molar-refractivity contribution in [3.05, 3.63) is 24.3 Å². The third-order valence-corrected chi connectivity index (χ3v) is 3.23. The summed E-state index contributed by atoms with van der Waals surface area (Å²) in [4.78, 5) is 0. The van der Waals surface area contributed by atoms with Crippen molar-refractivity contribution in [1.82, 2.24) is 0 Å². The van der Waals surface area contributed by atoms with Crippen LogP contribution >= 0.6 is 0 Å². The van der Waals surface area contributed by atoms with Gasteiger partial charge in [0.05, 0.1) is 6.61 Å². The zero-order valence-corrected chi connectivity index (χ0v) is 11.0. The summed E-state index contributed by atoms with van der Waals surface area (Å²) in [6.07, 6.45) is -5.21. The molecule has 1 saturated heterocycles. The summed E-state index contributed by atoms with van der Waals surface area (Å²) in [6.45, 7) is -0.357. The minimum atomic E-state index is -1.29. The molecule has 0 saturated carbocycles. The van der Waals surface area contributed by atoms with E-state index in [2.05, 4.69) is 0 Å². The quantitative estimate of drug-likeness (QED) is 0.530. The number of benzene rings is 1. The largest absolute Gasteiger partial charge is 0.462 e. The van der Waals surface area contributed by atoms with Crippen molar-refractivity contribution in [2.75, 3.05) is 19.5 Å². The molecule has 1 aromatic rings. The average Bonchev–Trinajstić information content (AvgIpc) is 2.46. The van der Waals surface area contributed by atoms with Gasteiger partial charge in [0.25, 0.3) is 0 Å². The molecule has 0 radical (unpaired) electrons. The van der Waals surface area contributed by atoms with Gasteiger partial charge >= 0.3 is 0 Å². The molecule has 5 unspecified atom stereocenters. The molecule has 0 aromatic heterocycles. The van der Waals surface area contributed by atoms with E-state index in [1.54, 1.807) is 24.3 Å². The number of nitrogens with two attached hydrogens (primary N) is 1. The van der Waals surface area contributed by atoms with Gasteiger partial charge in [-0.15, -0.1) is 0 Å². The molecule has 1 heterocycles. The van der Waals surface area contributed by atoms with Crippen molar-refractivity contribution in [2.45, 2.75) is 30.7 Å². The number of nitrogen functional groups attached to an aromatic ring is 1. The van der Waals surface area contributed by atoms with Crippen molar-refractivity contribution >= 4 is 5.69 Å². The first-order valence-electron chi connectivity index (χ1n) is 6.24. The molecule has 0 aliphatic carbocycles. The van der Waals surface area contributed by atoms with E-state index in [1.165, 1.54) is 7.11 Å². The molecule has 0 amide bonds. The van der Waals surface area contributed by atoms with E-state index in [4.69, 9.17) is 19.9 Å². The number of anilines is 1. The second-order valence-corrected chi connectivity index (χ2v) is 4.59. The van der Waals surface area contributed by atoms with Crippen LogP contribution in [0.3, 0.4) is 0 Å². The Balaban J connectivity index is 2.09. The SMILES string of the molecule is COC1C(CO)OC(Oc2ccc(N)cc2)C(O)C1O. The van der Waals surface area contributed by atoms with Crippen LogP contribution in [-0.2, 0) is 9.47 Å². The summed E-state index contributed by atoms with van der Waals surface area (Å²) in [5, 5.41) is 29.2. The fraction of sp³-hybridized carbons (Fsp3) is 0.538. The maximum Gasteiger partial charge on any atom is 0.229 e. The second kappa shape index (κ2) is 6.38. The lowest BCUT2D eigenvalue weighted by atomic mass is 9.99. The molecule has 1 aromatic carbocycles. The van der Waals surface area contributed by atoms with Crippen molar-refractivity contribution in [1.29, 1.82) is 0 Å². The predicted molar refractivity (Wildman–Crippen MR) is 70.0 cm³/mol. The summed E-state index contributed by atoms with van der Waals surface area (Å²) in [5.74, 6) is 0.433. The van der Waals surface area contributed by atoms with Gasteiger partial charge in [-0.2, -0.15) is 0 Å². The van der Waals surface area contributed by atoms with E-state index in [9.17, 15) is 15.3 Å². The van der Waals surface area contributed by atoms with Gasteiger partial charge in [-0.05, 0) is 24.3 Å². The van der Waals surface area contributed by atoms with Crippen molar-refractivity contribution in [2.24, 2.45) is 0 Å². The van der Waals surface area contributed by atoms with Gasteiger partial charge in [0.15, 0.2) is 0 Å². The molecule has 7 heteroatoms. The van der Waals surface area contributed by atoms with Crippen LogP contribution in [0.25, 0.3) is 0 Å². The van der Waals surface area contributed by atoms with Crippen LogP contribution in [0.4, 0.5) is 5.69 Å². The Morgan fingerprint density at radius 3 is 2.40 bits per heavy atom. The van der Waals surface area contributed by atoms with Gasteiger partial charge in [-0.25, -0.2) is 0 Å². The number of methoxy groups -OCH3 is 1. The van der Waals surface area contributed by atoms with Crippen LogP contribution in [0.2, 0.25) is 0 Å². The third kappa shape index (κ3) is 3.02. The van der Waals surface area contributed by atoms with Gasteiger partial charge in [0.2, 0.25) is 6.29 Å². The lowest BCUT2D eigenvalue weighted by Gasteiger charge is -2.41. The fourth-order valence-corrected chi connectivity index (χ4v) is 2.12. The first-order valence-corrected chi connectivity index (χ1v) is 6.24. The number of ether oxygens (including phenoxy) is 3. The van der Waals surface area contributed by atoms with E-state index in [0.717, 1.165) is 0 Å². The average molecular weight is 285 g/mol. The minimum Gasteiger partial charge on any atom is -0.462 e. The number of hydrogen-bond acceptors (Lipinski definition) is 7. The Bertz CT molecular complexity index is 423. The van der Waals surface area contributed by atoms with E-state index in [1.807, 2.05) is 0 Å². The summed E-state index contributed by atoms with van der Waals surface area (Å²) in [7, 11) is 1.37. The van der Waals surface area contributed by atoms with Crippen LogP contribution in [0.15, 0.2) is 24.3 Å². The summed E-state index contributed by atoms with van der Waals surface area (Å²) in [6, 6.07) is 6.52. The van der Waals surface area contributed by atoms with E-state index < -0.39 is 30.7 Å². The van der Waals surface area contributed by atoms with Crippen molar-refractivity contribution in [3.8, 4) is 5.75 Å². The second-order valence-electron chi connectivity index (χ2n) is 4.59. The first-order chi connectivity index (χ1) is 9.56. The Morgan fingerprint density at radius 2 is 1.85 bits per heavy atom. The van der Waals surface area contributed by atoms with Crippen LogP contribution in [0, 0.1) is 0 Å². The molecular formula is C13H19NO6. The number of aliphatic hydroxyl groups excluding tert-OH is 3. The summed E-state index contributed by atoms with van der Waals surface area (Å²) in [5.41, 5.74) is 6.14. The van der Waals surface area contributed by atoms with Crippen molar-refractivity contribution < 1.29 is 29.5 Å². The number of aliphatic hydroxyl groups is 3. The third-order valence-electron chi connectivity index (χ3n) is 3.23. The molecule has 0 bridgehead atoms. The first kappa shape index (κ1) is 15.0. The maximum absolute atomic E-state index is 9.98. The smallest absolute Gasteiger partial charge is 0.229 e. The molecular weight excluding hydrogens is 266 g/mol. The van der Waals surface area contributed by atoms with Crippen LogP contribution in [-0.4, -0.2) is 59.7 Å². The Kier molecular flexibility index (Phi) is 4.79. The molecule has 5 atom stereocenters. The molecule has 1 fully saturated rings. The molecule has 7 nitrogen and oxygen atoms in total. The zero-order chi connectivity index (χ0) is 14.7. The monoisotopic (exact) mass is 285 g/mol. The molecule has 0 spiro atoms. The standard InChI is InChI=1S/C13H19NO6/c1-18-12-9(6-15)20-13(11(17)10(12)16)19-8-4-2-7(14)3-5-8/h2-5,9-13,15-17H,6,14H2,1H3. The Morgan fingerprint density at radius 1 is 1.20 bits per heavy atom. The van der Waals surface area contributed by atoms with Gasteiger partial charge in [0.1, 0.15) is 30.2 Å². The number of rotatable bonds is 4. The van der Waals surface area contributed by atoms with E-state index in [-0.39, 0.29) is 6.61 Å². The maximum atomic E-state index is 9.98. The molecule has 1 aliphatic rings. The highest BCUT2D eigenvalue weighted by molar-refractivity contribution is 5.41. The van der Waals surface area contributed by atoms with Crippen LogP contribution < -0.4 is 10.5 Å². The highest BCUT2D eigenvalue weighted by Gasteiger charge is 2.45. The highest BCUT2D eigenvalue weighted by Crippen LogP contribution is 2.26. The summed E-state index contributed by atoms with van der Waals surface area (Å²) < 4.78 is 15.9. The summed E-state index contributed by atoms with van der Waals surface area (Å²) >= 11 is 0. The molecule has 2 rings (SSSR count). The molecule has 20 heavy (non-hydrogen) atoms. The van der Waals surface area contributed by atoms with Crippen molar-refractivity contribution in [3.63, 3.8) is 0 Å². The topological polar surface area (TPSA) is 114 Å². The van der Waals surface area contributed by atoms with E-state index in [0.29, 0.717) is 11.4 Å². The Hall–Kier alpha value is -1.38. The zero-order valence-electron chi connectivity index (χ0n) is 11.0. The minimum absolute atomic E-state index is 0.357. The highest BCUT2D eigenvalue weighted by atomic mass is 16.7.